The molecule has 0 radical (unpaired) electrons. The van der Waals surface area contributed by atoms with E-state index in [1.54, 1.807) is 4.40 Å². The van der Waals surface area contributed by atoms with Gasteiger partial charge in [0, 0.05) is 12.7 Å². The first kappa shape index (κ1) is 15.3. The Labute approximate surface area is 135 Å². The topological polar surface area (TPSA) is 46.4 Å². The number of hydrogen-bond donors (Lipinski definition) is 1. The summed E-state index contributed by atoms with van der Waals surface area (Å²) >= 11 is 6.14. The lowest BCUT2D eigenvalue weighted by Crippen LogP contribution is -2.30. The summed E-state index contributed by atoms with van der Waals surface area (Å²) in [6.07, 6.45) is 10.8. The van der Waals surface area contributed by atoms with Crippen molar-refractivity contribution in [3.05, 3.63) is 35.2 Å². The van der Waals surface area contributed by atoms with E-state index < -0.39 is 0 Å². The number of imidazole rings is 1. The predicted molar refractivity (Wildman–Crippen MR) is 88.3 cm³/mol. The molecule has 1 saturated carbocycles. The van der Waals surface area contributed by atoms with Crippen LogP contribution in [0.3, 0.4) is 0 Å². The van der Waals surface area contributed by atoms with Crippen LogP contribution >= 0.6 is 11.6 Å². The lowest BCUT2D eigenvalue weighted by Gasteiger charge is -2.19. The average molecular weight is 320 g/mol. The smallest absolute Gasteiger partial charge is 0.271 e. The molecule has 2 heterocycles. The third-order valence-electron chi connectivity index (χ3n) is 4.48. The highest BCUT2D eigenvalue weighted by atomic mass is 35.5. The summed E-state index contributed by atoms with van der Waals surface area (Å²) in [7, 11) is 0. The van der Waals surface area contributed by atoms with E-state index in [2.05, 4.69) is 10.3 Å². The van der Waals surface area contributed by atoms with E-state index >= 15 is 0 Å². The summed E-state index contributed by atoms with van der Waals surface area (Å²) in [5, 5.41) is 3.32. The number of fused-ring (bicyclic) bond motifs is 1. The normalized spacial score (nSPS) is 17.1. The maximum Gasteiger partial charge on any atom is 0.271 e. The van der Waals surface area contributed by atoms with Gasteiger partial charge in [-0.2, -0.15) is 0 Å². The van der Waals surface area contributed by atoms with Gasteiger partial charge in [0.1, 0.15) is 5.65 Å². The molecule has 1 aliphatic carbocycles. The zero-order valence-corrected chi connectivity index (χ0v) is 13.5. The van der Waals surface area contributed by atoms with Crippen LogP contribution in [0.2, 0.25) is 5.15 Å². The van der Waals surface area contributed by atoms with E-state index in [0.29, 0.717) is 17.3 Å². The molecule has 0 bridgehead atoms. The minimum absolute atomic E-state index is 0.134. The molecule has 0 saturated heterocycles. The molecule has 1 aliphatic rings. The van der Waals surface area contributed by atoms with Gasteiger partial charge in [-0.05, 0) is 30.9 Å². The van der Waals surface area contributed by atoms with Crippen LogP contribution in [0.25, 0.3) is 5.65 Å². The Balaban J connectivity index is 1.66. The molecule has 2 aromatic heterocycles. The fourth-order valence-corrected chi connectivity index (χ4v) is 3.50. The van der Waals surface area contributed by atoms with Crippen LogP contribution in [0, 0.1) is 5.92 Å². The first-order valence-electron chi connectivity index (χ1n) is 8.16. The van der Waals surface area contributed by atoms with Crippen LogP contribution in [0.4, 0.5) is 0 Å². The maximum absolute atomic E-state index is 12.5. The highest BCUT2D eigenvalue weighted by Crippen LogP contribution is 2.22. The molecule has 4 nitrogen and oxygen atoms in total. The zero-order chi connectivity index (χ0) is 15.4. The van der Waals surface area contributed by atoms with E-state index in [1.807, 2.05) is 24.4 Å². The van der Waals surface area contributed by atoms with Gasteiger partial charge in [0.05, 0.1) is 0 Å². The Kier molecular flexibility index (Phi) is 4.98. The quantitative estimate of drug-likeness (QED) is 0.926. The molecule has 0 spiro atoms. The van der Waals surface area contributed by atoms with Crippen LogP contribution in [0.5, 0.6) is 0 Å². The van der Waals surface area contributed by atoms with Gasteiger partial charge < -0.3 is 5.32 Å². The third kappa shape index (κ3) is 3.43. The largest absolute Gasteiger partial charge is 0.350 e. The number of hydrogen-bond acceptors (Lipinski definition) is 2. The highest BCUT2D eigenvalue weighted by molar-refractivity contribution is 6.32. The molecular formula is C17H22ClN3O. The van der Waals surface area contributed by atoms with Gasteiger partial charge in [-0.15, -0.1) is 0 Å². The predicted octanol–water partition coefficient (Wildman–Crippen LogP) is 4.08. The summed E-state index contributed by atoms with van der Waals surface area (Å²) in [4.78, 5) is 16.7. The summed E-state index contributed by atoms with van der Waals surface area (Å²) in [6, 6.07) is 5.60. The van der Waals surface area contributed by atoms with Crippen molar-refractivity contribution >= 4 is 23.2 Å². The van der Waals surface area contributed by atoms with Gasteiger partial charge in [-0.25, -0.2) is 4.98 Å². The number of halogens is 1. The molecule has 118 valence electrons. The van der Waals surface area contributed by atoms with E-state index in [9.17, 15) is 4.79 Å². The zero-order valence-electron chi connectivity index (χ0n) is 12.7. The molecular weight excluding hydrogens is 298 g/mol. The Morgan fingerprint density at radius 2 is 1.95 bits per heavy atom. The molecule has 5 heteroatoms. The van der Waals surface area contributed by atoms with Gasteiger partial charge in [0.15, 0.2) is 10.8 Å². The van der Waals surface area contributed by atoms with E-state index in [0.717, 1.165) is 6.54 Å². The number of nitrogens with zero attached hydrogens (tertiary/aromatic N) is 2. The van der Waals surface area contributed by atoms with Crippen LogP contribution in [-0.4, -0.2) is 21.8 Å². The van der Waals surface area contributed by atoms with Crippen LogP contribution in [0.1, 0.15) is 55.4 Å². The summed E-state index contributed by atoms with van der Waals surface area (Å²) in [5.41, 5.74) is 1.13. The second-order valence-corrected chi connectivity index (χ2v) is 6.46. The van der Waals surface area contributed by atoms with Crippen molar-refractivity contribution in [1.29, 1.82) is 0 Å². The molecule has 0 atom stereocenters. The fourth-order valence-electron chi connectivity index (χ4n) is 3.24. The number of nitrogens with one attached hydrogen (secondary N) is 1. The first-order valence-corrected chi connectivity index (χ1v) is 8.54. The van der Waals surface area contributed by atoms with Crippen LogP contribution < -0.4 is 5.32 Å². The highest BCUT2D eigenvalue weighted by Gasteiger charge is 2.19. The number of carbonyl (C=O) groups excluding carboxylic acids is 1. The Morgan fingerprint density at radius 1 is 1.23 bits per heavy atom. The molecule has 0 aromatic carbocycles. The van der Waals surface area contributed by atoms with Gasteiger partial charge in [0.25, 0.3) is 5.91 Å². The Bertz CT molecular complexity index is 644. The second kappa shape index (κ2) is 7.14. The summed E-state index contributed by atoms with van der Waals surface area (Å²) in [5.74, 6) is 0.452. The summed E-state index contributed by atoms with van der Waals surface area (Å²) in [6.45, 7) is 0.731. The number of pyridine rings is 1. The van der Waals surface area contributed by atoms with Crippen LogP contribution in [-0.2, 0) is 0 Å². The maximum atomic E-state index is 12.5. The minimum Gasteiger partial charge on any atom is -0.350 e. The van der Waals surface area contributed by atoms with E-state index in [-0.39, 0.29) is 11.1 Å². The molecule has 1 fully saturated rings. The molecule has 22 heavy (non-hydrogen) atoms. The summed E-state index contributed by atoms with van der Waals surface area (Å²) < 4.78 is 1.75. The van der Waals surface area contributed by atoms with E-state index in [4.69, 9.17) is 11.6 Å². The van der Waals surface area contributed by atoms with Crippen molar-refractivity contribution < 1.29 is 4.79 Å². The van der Waals surface area contributed by atoms with Crippen molar-refractivity contribution in [2.45, 2.75) is 44.9 Å². The molecule has 3 rings (SSSR count). The second-order valence-electron chi connectivity index (χ2n) is 6.10. The van der Waals surface area contributed by atoms with Gasteiger partial charge in [0.2, 0.25) is 0 Å². The average Bonchev–Trinajstić information content (AvgIpc) is 2.81. The lowest BCUT2D eigenvalue weighted by atomic mass is 9.91. The fraction of sp³-hybridized carbons (Fsp3) is 0.529. The number of amides is 1. The monoisotopic (exact) mass is 319 g/mol. The standard InChI is InChI=1S/C17H22ClN3O/c18-16-15(21-11-7-6-10-14(21)20-16)17(22)19-12-13-8-4-2-1-3-5-9-13/h6-7,10-11,13H,1-5,8-9,12H2,(H,19,22). The third-order valence-corrected chi connectivity index (χ3v) is 4.74. The van der Waals surface area contributed by atoms with Crippen LogP contribution in [0.15, 0.2) is 24.4 Å². The van der Waals surface area contributed by atoms with Gasteiger partial charge in [-0.3, -0.25) is 9.20 Å². The van der Waals surface area contributed by atoms with Crippen molar-refractivity contribution in [3.8, 4) is 0 Å². The van der Waals surface area contributed by atoms with Crippen molar-refractivity contribution in [3.63, 3.8) is 0 Å². The number of aromatic nitrogens is 2. The Hall–Kier alpha value is -1.55. The first-order chi connectivity index (χ1) is 10.8. The minimum atomic E-state index is -0.134. The Morgan fingerprint density at radius 3 is 2.73 bits per heavy atom. The SMILES string of the molecule is O=C(NCC1CCCCCCC1)c1c(Cl)nc2ccccn12. The lowest BCUT2D eigenvalue weighted by molar-refractivity contribution is 0.0939. The van der Waals surface area contributed by atoms with Crippen molar-refractivity contribution in [2.24, 2.45) is 5.92 Å². The molecule has 2 aromatic rings. The van der Waals surface area contributed by atoms with Crippen molar-refractivity contribution in [1.82, 2.24) is 14.7 Å². The van der Waals surface area contributed by atoms with Gasteiger partial charge >= 0.3 is 0 Å². The number of carbonyl (C=O) groups is 1. The molecule has 0 unspecified atom stereocenters. The number of rotatable bonds is 3. The van der Waals surface area contributed by atoms with Gasteiger partial charge in [-0.1, -0.05) is 49.8 Å². The van der Waals surface area contributed by atoms with E-state index in [1.165, 1.54) is 44.9 Å². The molecule has 1 amide bonds. The molecule has 1 N–H and O–H groups in total. The van der Waals surface area contributed by atoms with Crippen molar-refractivity contribution in [2.75, 3.05) is 6.54 Å². The molecule has 0 aliphatic heterocycles.